The van der Waals surface area contributed by atoms with E-state index in [0.29, 0.717) is 29.3 Å². The van der Waals surface area contributed by atoms with Crippen LogP contribution in [0.5, 0.6) is 5.75 Å². The number of imide groups is 1. The van der Waals surface area contributed by atoms with Crippen LogP contribution in [0.2, 0.25) is 0 Å². The maximum absolute atomic E-state index is 12.4. The van der Waals surface area contributed by atoms with Crippen LogP contribution < -0.4 is 15.0 Å². The standard InChI is InChI=1S/C19H18N2O4/c1-2-25-16-6-4-3-5-15(16)20-19(24)13-7-9-14(10-8-13)21-17(22)11-12-18(21)23/h3-10H,2,11-12H2,1H3,(H,20,24). The molecule has 2 aromatic carbocycles. The zero-order chi connectivity index (χ0) is 17.8. The molecule has 0 saturated carbocycles. The van der Waals surface area contributed by atoms with Crippen molar-refractivity contribution in [1.29, 1.82) is 0 Å². The second kappa shape index (κ2) is 7.17. The molecule has 0 radical (unpaired) electrons. The van der Waals surface area contributed by atoms with E-state index in [1.165, 1.54) is 0 Å². The molecule has 3 amide bonds. The van der Waals surface area contributed by atoms with Crippen molar-refractivity contribution in [3.63, 3.8) is 0 Å². The molecule has 6 heteroatoms. The molecule has 25 heavy (non-hydrogen) atoms. The Labute approximate surface area is 145 Å². The lowest BCUT2D eigenvalue weighted by atomic mass is 10.1. The van der Waals surface area contributed by atoms with Gasteiger partial charge in [-0.3, -0.25) is 19.3 Å². The smallest absolute Gasteiger partial charge is 0.255 e. The summed E-state index contributed by atoms with van der Waals surface area (Å²) in [6, 6.07) is 13.6. The van der Waals surface area contributed by atoms with Gasteiger partial charge >= 0.3 is 0 Å². The Kier molecular flexibility index (Phi) is 4.79. The summed E-state index contributed by atoms with van der Waals surface area (Å²) in [4.78, 5) is 37.1. The highest BCUT2D eigenvalue weighted by molar-refractivity contribution is 6.20. The largest absolute Gasteiger partial charge is 0.492 e. The molecule has 0 aromatic heterocycles. The summed E-state index contributed by atoms with van der Waals surface area (Å²) in [5.74, 6) is -0.123. The summed E-state index contributed by atoms with van der Waals surface area (Å²) in [5.41, 5.74) is 1.50. The van der Waals surface area contributed by atoms with Crippen LogP contribution in [-0.2, 0) is 9.59 Å². The van der Waals surface area contributed by atoms with Crippen LogP contribution in [0.15, 0.2) is 48.5 Å². The van der Waals surface area contributed by atoms with E-state index < -0.39 is 0 Å². The zero-order valence-electron chi connectivity index (χ0n) is 13.8. The lowest BCUT2D eigenvalue weighted by Crippen LogP contribution is -2.28. The Morgan fingerprint density at radius 3 is 2.32 bits per heavy atom. The molecule has 1 aliphatic rings. The summed E-state index contributed by atoms with van der Waals surface area (Å²) >= 11 is 0. The van der Waals surface area contributed by atoms with E-state index in [9.17, 15) is 14.4 Å². The van der Waals surface area contributed by atoms with Crippen molar-refractivity contribution in [3.05, 3.63) is 54.1 Å². The van der Waals surface area contributed by atoms with E-state index >= 15 is 0 Å². The Bertz CT molecular complexity index is 798. The minimum Gasteiger partial charge on any atom is -0.492 e. The fourth-order valence-electron chi connectivity index (χ4n) is 2.67. The number of ether oxygens (including phenoxy) is 1. The first-order chi connectivity index (χ1) is 12.1. The summed E-state index contributed by atoms with van der Waals surface area (Å²) in [6.07, 6.45) is 0.463. The molecular weight excluding hydrogens is 320 g/mol. The van der Waals surface area contributed by atoms with Crippen molar-refractivity contribution in [3.8, 4) is 5.75 Å². The number of anilines is 2. The highest BCUT2D eigenvalue weighted by atomic mass is 16.5. The van der Waals surface area contributed by atoms with Crippen molar-refractivity contribution >= 4 is 29.1 Å². The van der Waals surface area contributed by atoms with Crippen LogP contribution >= 0.6 is 0 Å². The number of amides is 3. The molecular formula is C19H18N2O4. The fraction of sp³-hybridized carbons (Fsp3) is 0.211. The van der Waals surface area contributed by atoms with Gasteiger partial charge in [0.25, 0.3) is 5.91 Å². The van der Waals surface area contributed by atoms with E-state index in [1.54, 1.807) is 36.4 Å². The third kappa shape index (κ3) is 3.52. The topological polar surface area (TPSA) is 75.7 Å². The van der Waals surface area contributed by atoms with Gasteiger partial charge < -0.3 is 10.1 Å². The Morgan fingerprint density at radius 1 is 1.04 bits per heavy atom. The van der Waals surface area contributed by atoms with Crippen LogP contribution in [0, 0.1) is 0 Å². The van der Waals surface area contributed by atoms with Crippen LogP contribution in [0.1, 0.15) is 30.1 Å². The van der Waals surface area contributed by atoms with Gasteiger partial charge in [-0.25, -0.2) is 0 Å². The molecule has 0 spiro atoms. The van der Waals surface area contributed by atoms with E-state index in [2.05, 4.69) is 5.32 Å². The van der Waals surface area contributed by atoms with Gasteiger partial charge in [-0.15, -0.1) is 0 Å². The highest BCUT2D eigenvalue weighted by Gasteiger charge is 2.30. The van der Waals surface area contributed by atoms with Crippen molar-refractivity contribution in [1.82, 2.24) is 0 Å². The molecule has 128 valence electrons. The maximum Gasteiger partial charge on any atom is 0.255 e. The quantitative estimate of drug-likeness (QED) is 0.851. The number of carbonyl (C=O) groups excluding carboxylic acids is 3. The third-order valence-electron chi connectivity index (χ3n) is 3.87. The first-order valence-electron chi connectivity index (χ1n) is 8.09. The average Bonchev–Trinajstić information content (AvgIpc) is 2.95. The Hall–Kier alpha value is -3.15. The van der Waals surface area contributed by atoms with Crippen molar-refractivity contribution in [2.75, 3.05) is 16.8 Å². The number of carbonyl (C=O) groups is 3. The summed E-state index contributed by atoms with van der Waals surface area (Å²) < 4.78 is 5.49. The fourth-order valence-corrected chi connectivity index (χ4v) is 2.67. The molecule has 1 heterocycles. The molecule has 1 saturated heterocycles. The maximum atomic E-state index is 12.4. The van der Waals surface area contributed by atoms with Gasteiger partial charge in [-0.1, -0.05) is 12.1 Å². The number of nitrogens with one attached hydrogen (secondary N) is 1. The summed E-state index contributed by atoms with van der Waals surface area (Å²) in [7, 11) is 0. The Balaban J connectivity index is 1.75. The number of nitrogens with zero attached hydrogens (tertiary/aromatic N) is 1. The molecule has 6 nitrogen and oxygen atoms in total. The van der Waals surface area contributed by atoms with Crippen molar-refractivity contribution < 1.29 is 19.1 Å². The third-order valence-corrected chi connectivity index (χ3v) is 3.87. The van der Waals surface area contributed by atoms with Gasteiger partial charge in [0.05, 0.1) is 18.0 Å². The summed E-state index contributed by atoms with van der Waals surface area (Å²) in [6.45, 7) is 2.37. The number of hydrogen-bond donors (Lipinski definition) is 1. The molecule has 2 aromatic rings. The summed E-state index contributed by atoms with van der Waals surface area (Å²) in [5, 5.41) is 2.81. The van der Waals surface area contributed by atoms with E-state index in [1.807, 2.05) is 19.1 Å². The highest BCUT2D eigenvalue weighted by Crippen LogP contribution is 2.26. The lowest BCUT2D eigenvalue weighted by Gasteiger charge is -2.14. The molecule has 0 aliphatic carbocycles. The average molecular weight is 338 g/mol. The van der Waals surface area contributed by atoms with Gasteiger partial charge in [0.1, 0.15) is 5.75 Å². The van der Waals surface area contributed by atoms with Crippen LogP contribution in [0.4, 0.5) is 11.4 Å². The van der Waals surface area contributed by atoms with Gasteiger partial charge in [0.2, 0.25) is 11.8 Å². The minimum atomic E-state index is -0.294. The van der Waals surface area contributed by atoms with E-state index in [-0.39, 0.29) is 30.6 Å². The first-order valence-corrected chi connectivity index (χ1v) is 8.09. The minimum absolute atomic E-state index is 0.215. The number of hydrogen-bond acceptors (Lipinski definition) is 4. The molecule has 1 aliphatic heterocycles. The van der Waals surface area contributed by atoms with E-state index in [0.717, 1.165) is 4.90 Å². The Morgan fingerprint density at radius 2 is 1.68 bits per heavy atom. The van der Waals surface area contributed by atoms with Crippen LogP contribution in [0.25, 0.3) is 0 Å². The first kappa shape index (κ1) is 16.7. The lowest BCUT2D eigenvalue weighted by molar-refractivity contribution is -0.121. The van der Waals surface area contributed by atoms with Crippen molar-refractivity contribution in [2.24, 2.45) is 0 Å². The van der Waals surface area contributed by atoms with Gasteiger partial charge in [0.15, 0.2) is 0 Å². The van der Waals surface area contributed by atoms with Crippen molar-refractivity contribution in [2.45, 2.75) is 19.8 Å². The SMILES string of the molecule is CCOc1ccccc1NC(=O)c1ccc(N2C(=O)CCC2=O)cc1. The van der Waals surface area contributed by atoms with E-state index in [4.69, 9.17) is 4.74 Å². The number of benzene rings is 2. The zero-order valence-corrected chi connectivity index (χ0v) is 13.8. The molecule has 1 N–H and O–H groups in total. The molecule has 3 rings (SSSR count). The predicted octanol–water partition coefficient (Wildman–Crippen LogP) is 2.99. The second-order valence-electron chi connectivity index (χ2n) is 5.55. The van der Waals surface area contributed by atoms with Crippen LogP contribution in [-0.4, -0.2) is 24.3 Å². The normalized spacial score (nSPS) is 13.9. The number of para-hydroxylation sites is 2. The second-order valence-corrected chi connectivity index (χ2v) is 5.55. The molecule has 0 atom stereocenters. The predicted molar refractivity (Wildman–Crippen MR) is 93.7 cm³/mol. The van der Waals surface area contributed by atoms with Gasteiger partial charge in [0, 0.05) is 18.4 Å². The monoisotopic (exact) mass is 338 g/mol. The number of rotatable bonds is 5. The molecule has 0 bridgehead atoms. The van der Waals surface area contributed by atoms with Crippen LogP contribution in [0.3, 0.4) is 0 Å². The van der Waals surface area contributed by atoms with Gasteiger partial charge in [-0.05, 0) is 43.3 Å². The molecule has 0 unspecified atom stereocenters. The van der Waals surface area contributed by atoms with Gasteiger partial charge in [-0.2, -0.15) is 0 Å². The molecule has 1 fully saturated rings.